The van der Waals surface area contributed by atoms with Crippen LogP contribution < -0.4 is 10.6 Å². The quantitative estimate of drug-likeness (QED) is 0.587. The highest BCUT2D eigenvalue weighted by Gasteiger charge is 2.17. The number of carbonyl (C=O) groups is 1. The van der Waals surface area contributed by atoms with Crippen LogP contribution in [0.1, 0.15) is 23.7 Å². The number of carbonyl (C=O) groups excluding carboxylic acids is 1. The second-order valence-electron chi connectivity index (χ2n) is 4.59. The van der Waals surface area contributed by atoms with Crippen LogP contribution in [0.25, 0.3) is 0 Å². The number of hydrogen-bond donors (Lipinski definition) is 2. The first-order chi connectivity index (χ1) is 9.86. The van der Waals surface area contributed by atoms with Crippen molar-refractivity contribution >= 4 is 28.1 Å². The Morgan fingerprint density at radius 3 is 2.67 bits per heavy atom. The molecule has 8 heteroatoms. The molecule has 0 aliphatic carbocycles. The molecule has 21 heavy (non-hydrogen) atoms. The molecular weight excluding hydrogens is 294 g/mol. The summed E-state index contributed by atoms with van der Waals surface area (Å²) in [6, 6.07) is 4.27. The normalized spacial score (nSPS) is 13.3. The van der Waals surface area contributed by atoms with E-state index in [0.717, 1.165) is 0 Å². The SMILES string of the molecule is CNC(=O)c1ccc(NCCC(C)S(C)=O)c([N+](=O)[O-])c1. The molecule has 1 rings (SSSR count). The molecule has 0 bridgehead atoms. The highest BCUT2D eigenvalue weighted by atomic mass is 32.2. The van der Waals surface area contributed by atoms with Gasteiger partial charge in [0.25, 0.3) is 11.6 Å². The number of amides is 1. The van der Waals surface area contributed by atoms with Gasteiger partial charge in [0.15, 0.2) is 0 Å². The van der Waals surface area contributed by atoms with E-state index in [0.29, 0.717) is 18.7 Å². The van der Waals surface area contributed by atoms with Crippen molar-refractivity contribution in [3.05, 3.63) is 33.9 Å². The lowest BCUT2D eigenvalue weighted by Gasteiger charge is -2.11. The molecule has 0 aliphatic rings. The van der Waals surface area contributed by atoms with Crippen molar-refractivity contribution in [3.8, 4) is 0 Å². The van der Waals surface area contributed by atoms with Gasteiger partial charge in [-0.05, 0) is 18.6 Å². The third-order valence-corrected chi connectivity index (χ3v) is 4.49. The molecule has 7 nitrogen and oxygen atoms in total. The minimum Gasteiger partial charge on any atom is -0.379 e. The van der Waals surface area contributed by atoms with Gasteiger partial charge in [0.2, 0.25) is 0 Å². The Morgan fingerprint density at radius 1 is 1.48 bits per heavy atom. The third kappa shape index (κ3) is 4.82. The maximum Gasteiger partial charge on any atom is 0.293 e. The van der Waals surface area contributed by atoms with E-state index in [9.17, 15) is 19.1 Å². The molecule has 116 valence electrons. The van der Waals surface area contributed by atoms with Gasteiger partial charge in [-0.1, -0.05) is 6.92 Å². The van der Waals surface area contributed by atoms with Crippen molar-refractivity contribution in [2.45, 2.75) is 18.6 Å². The fraction of sp³-hybridized carbons (Fsp3) is 0.462. The molecule has 1 aromatic carbocycles. The van der Waals surface area contributed by atoms with Crippen molar-refractivity contribution in [3.63, 3.8) is 0 Å². The van der Waals surface area contributed by atoms with Gasteiger partial charge in [-0.3, -0.25) is 19.1 Å². The molecule has 0 aromatic heterocycles. The predicted molar refractivity (Wildman–Crippen MR) is 83.1 cm³/mol. The molecule has 2 unspecified atom stereocenters. The Kier molecular flexibility index (Phi) is 6.29. The van der Waals surface area contributed by atoms with Crippen molar-refractivity contribution in [2.24, 2.45) is 0 Å². The van der Waals surface area contributed by atoms with Crippen LogP contribution in [0.2, 0.25) is 0 Å². The molecule has 0 fully saturated rings. The first kappa shape index (κ1) is 17.1. The standard InChI is InChI=1S/C13H19N3O4S/c1-9(21(3)20)6-7-15-11-5-4-10(13(17)14-2)8-12(11)16(18)19/h4-5,8-9,15H,6-7H2,1-3H3,(H,14,17). The zero-order valence-electron chi connectivity index (χ0n) is 12.2. The maximum atomic E-state index is 11.5. The van der Waals surface area contributed by atoms with Gasteiger partial charge >= 0.3 is 0 Å². The van der Waals surface area contributed by atoms with E-state index < -0.39 is 15.7 Å². The molecule has 0 radical (unpaired) electrons. The van der Waals surface area contributed by atoms with Crippen LogP contribution in [0.3, 0.4) is 0 Å². The molecule has 0 saturated carbocycles. The van der Waals surface area contributed by atoms with E-state index in [1.807, 2.05) is 6.92 Å². The van der Waals surface area contributed by atoms with E-state index in [-0.39, 0.29) is 22.4 Å². The van der Waals surface area contributed by atoms with E-state index >= 15 is 0 Å². The fourth-order valence-electron chi connectivity index (χ4n) is 1.69. The summed E-state index contributed by atoms with van der Waals surface area (Å²) >= 11 is 0. The Morgan fingerprint density at radius 2 is 2.14 bits per heavy atom. The minimum absolute atomic E-state index is 0.0155. The monoisotopic (exact) mass is 313 g/mol. The molecular formula is C13H19N3O4S. The number of benzene rings is 1. The van der Waals surface area contributed by atoms with E-state index in [1.54, 1.807) is 6.26 Å². The average Bonchev–Trinajstić information content (AvgIpc) is 2.46. The number of nitrogens with one attached hydrogen (secondary N) is 2. The molecule has 1 aromatic rings. The largest absolute Gasteiger partial charge is 0.379 e. The van der Waals surface area contributed by atoms with Crippen molar-refractivity contribution in [2.75, 3.05) is 25.2 Å². The molecule has 0 heterocycles. The Bertz CT molecular complexity index is 562. The molecule has 1 amide bonds. The molecule has 0 aliphatic heterocycles. The van der Waals surface area contributed by atoms with E-state index in [4.69, 9.17) is 0 Å². The summed E-state index contributed by atoms with van der Waals surface area (Å²) in [5.41, 5.74) is 0.431. The Labute approximate surface area is 125 Å². The smallest absolute Gasteiger partial charge is 0.293 e. The van der Waals surface area contributed by atoms with Gasteiger partial charge in [0.05, 0.1) is 4.92 Å². The van der Waals surface area contributed by atoms with Crippen LogP contribution in [-0.4, -0.2) is 40.1 Å². The maximum absolute atomic E-state index is 11.5. The Balaban J connectivity index is 2.85. The first-order valence-electron chi connectivity index (χ1n) is 6.43. The van der Waals surface area contributed by atoms with Crippen LogP contribution in [0.4, 0.5) is 11.4 Å². The van der Waals surface area contributed by atoms with Crippen LogP contribution in [-0.2, 0) is 10.8 Å². The van der Waals surface area contributed by atoms with Gasteiger partial charge in [-0.15, -0.1) is 0 Å². The summed E-state index contributed by atoms with van der Waals surface area (Å²) < 4.78 is 11.2. The van der Waals surface area contributed by atoms with Crippen LogP contribution in [0.15, 0.2) is 18.2 Å². The van der Waals surface area contributed by atoms with Crippen LogP contribution in [0, 0.1) is 10.1 Å². The summed E-state index contributed by atoms with van der Waals surface area (Å²) in [5.74, 6) is -0.375. The lowest BCUT2D eigenvalue weighted by Crippen LogP contribution is -2.18. The first-order valence-corrected chi connectivity index (χ1v) is 8.05. The fourth-order valence-corrected chi connectivity index (χ4v) is 2.14. The molecule has 2 N–H and O–H groups in total. The van der Waals surface area contributed by atoms with Gasteiger partial charge in [0.1, 0.15) is 5.69 Å². The van der Waals surface area contributed by atoms with E-state index in [1.165, 1.54) is 25.2 Å². The van der Waals surface area contributed by atoms with Crippen molar-refractivity contribution < 1.29 is 13.9 Å². The lowest BCUT2D eigenvalue weighted by atomic mass is 10.1. The molecule has 2 atom stereocenters. The van der Waals surface area contributed by atoms with Gasteiger partial charge in [-0.25, -0.2) is 0 Å². The number of nitro groups is 1. The Hall–Kier alpha value is -1.96. The molecule has 0 spiro atoms. The van der Waals surface area contributed by atoms with Gasteiger partial charge in [0, 0.05) is 47.5 Å². The lowest BCUT2D eigenvalue weighted by molar-refractivity contribution is -0.384. The van der Waals surface area contributed by atoms with Crippen LogP contribution >= 0.6 is 0 Å². The highest BCUT2D eigenvalue weighted by Crippen LogP contribution is 2.25. The summed E-state index contributed by atoms with van der Waals surface area (Å²) in [5, 5.41) is 16.5. The highest BCUT2D eigenvalue weighted by molar-refractivity contribution is 7.84. The zero-order valence-corrected chi connectivity index (χ0v) is 13.0. The van der Waals surface area contributed by atoms with Gasteiger partial charge in [-0.2, -0.15) is 0 Å². The number of rotatable bonds is 7. The van der Waals surface area contributed by atoms with Crippen molar-refractivity contribution in [1.82, 2.24) is 5.32 Å². The number of hydrogen-bond acceptors (Lipinski definition) is 5. The summed E-state index contributed by atoms with van der Waals surface area (Å²) in [7, 11) is 0.545. The predicted octanol–water partition coefficient (Wildman–Crippen LogP) is 1.52. The number of anilines is 1. The van der Waals surface area contributed by atoms with Gasteiger partial charge < -0.3 is 10.6 Å². The third-order valence-electron chi connectivity index (χ3n) is 3.12. The van der Waals surface area contributed by atoms with Crippen LogP contribution in [0.5, 0.6) is 0 Å². The van der Waals surface area contributed by atoms with E-state index in [2.05, 4.69) is 10.6 Å². The summed E-state index contributed by atoms with van der Waals surface area (Å²) in [6.45, 7) is 2.34. The summed E-state index contributed by atoms with van der Waals surface area (Å²) in [4.78, 5) is 22.0. The molecule has 0 saturated heterocycles. The number of nitro benzene ring substituents is 1. The topological polar surface area (TPSA) is 101 Å². The van der Waals surface area contributed by atoms with Crippen molar-refractivity contribution in [1.29, 1.82) is 0 Å². The average molecular weight is 313 g/mol. The minimum atomic E-state index is -0.920. The summed E-state index contributed by atoms with van der Waals surface area (Å²) in [6.07, 6.45) is 2.27. The second kappa shape index (κ2) is 7.72. The second-order valence-corrected chi connectivity index (χ2v) is 6.39. The zero-order chi connectivity index (χ0) is 16.0. The number of nitrogens with zero attached hydrogens (tertiary/aromatic N) is 1.